The number of anilines is 4. The molecule has 8 nitrogen and oxygen atoms in total. The number of carbonyl (C=O) groups is 1. The number of amides is 1. The van der Waals surface area contributed by atoms with E-state index < -0.39 is 0 Å². The Hall–Kier alpha value is -2.68. The van der Waals surface area contributed by atoms with Crippen LogP contribution in [0.1, 0.15) is 37.7 Å². The molecule has 1 saturated heterocycles. The lowest BCUT2D eigenvalue weighted by molar-refractivity contribution is -0.124. The zero-order valence-electron chi connectivity index (χ0n) is 21.1. The molecule has 2 fully saturated rings. The average molecular weight is 479 g/mol. The van der Waals surface area contributed by atoms with Crippen LogP contribution in [0.25, 0.3) is 0 Å². The lowest BCUT2D eigenvalue weighted by atomic mass is 9.86. The fraction of sp³-hybridized carbons (Fsp3) is 0.556. The molecular formula is C27H38N6O2. The summed E-state index contributed by atoms with van der Waals surface area (Å²) < 4.78 is 5.55. The van der Waals surface area contributed by atoms with Crippen molar-refractivity contribution >= 4 is 28.8 Å². The Morgan fingerprint density at radius 3 is 2.63 bits per heavy atom. The molecule has 3 heterocycles. The largest absolute Gasteiger partial charge is 0.381 e. The number of hydrogen-bond acceptors (Lipinski definition) is 7. The number of piperidine rings is 1. The predicted molar refractivity (Wildman–Crippen MR) is 140 cm³/mol. The molecule has 2 atom stereocenters. The highest BCUT2D eigenvalue weighted by Crippen LogP contribution is 2.40. The van der Waals surface area contributed by atoms with Gasteiger partial charge >= 0.3 is 0 Å². The van der Waals surface area contributed by atoms with E-state index in [0.29, 0.717) is 18.6 Å². The molecular weight excluding hydrogens is 440 g/mol. The van der Waals surface area contributed by atoms with Gasteiger partial charge in [-0.1, -0.05) is 6.07 Å². The fourth-order valence-corrected chi connectivity index (χ4v) is 5.89. The van der Waals surface area contributed by atoms with Crippen LogP contribution in [0, 0.1) is 5.92 Å². The van der Waals surface area contributed by atoms with E-state index in [1.807, 2.05) is 25.1 Å². The van der Waals surface area contributed by atoms with Gasteiger partial charge in [-0.25, -0.2) is 4.98 Å². The number of fused-ring (bicyclic) bond motifs is 2. The molecule has 1 aliphatic carbocycles. The molecule has 1 aromatic heterocycles. The molecule has 1 saturated carbocycles. The lowest BCUT2D eigenvalue weighted by Gasteiger charge is -2.40. The van der Waals surface area contributed by atoms with Crippen molar-refractivity contribution < 1.29 is 9.53 Å². The number of methoxy groups -OCH3 is 1. The smallest absolute Gasteiger partial charge is 0.230 e. The van der Waals surface area contributed by atoms with Gasteiger partial charge in [0.15, 0.2) is 0 Å². The molecule has 3 N–H and O–H groups in total. The first kappa shape index (κ1) is 24.0. The summed E-state index contributed by atoms with van der Waals surface area (Å²) in [6.07, 6.45) is 6.76. The van der Waals surface area contributed by atoms with Gasteiger partial charge in [-0.05, 0) is 70.5 Å². The molecule has 0 spiro atoms. The summed E-state index contributed by atoms with van der Waals surface area (Å²) >= 11 is 0. The van der Waals surface area contributed by atoms with E-state index in [4.69, 9.17) is 4.74 Å². The van der Waals surface area contributed by atoms with Crippen molar-refractivity contribution in [1.82, 2.24) is 15.6 Å². The van der Waals surface area contributed by atoms with E-state index in [1.54, 1.807) is 13.3 Å². The molecule has 5 rings (SSSR count). The van der Waals surface area contributed by atoms with Gasteiger partial charge in [0.05, 0.1) is 24.0 Å². The number of rotatable bonds is 5. The van der Waals surface area contributed by atoms with Crippen molar-refractivity contribution in [2.24, 2.45) is 5.92 Å². The maximum absolute atomic E-state index is 13.9. The predicted octanol–water partition coefficient (Wildman–Crippen LogP) is 3.26. The summed E-state index contributed by atoms with van der Waals surface area (Å²) in [6, 6.07) is 11.3. The van der Waals surface area contributed by atoms with Crippen molar-refractivity contribution in [3.8, 4) is 0 Å². The highest BCUT2D eigenvalue weighted by molar-refractivity contribution is 6.00. The maximum Gasteiger partial charge on any atom is 0.230 e. The fourth-order valence-electron chi connectivity index (χ4n) is 5.89. The van der Waals surface area contributed by atoms with Crippen molar-refractivity contribution in [2.75, 3.05) is 49.4 Å². The third-order valence-electron chi connectivity index (χ3n) is 8.09. The second-order valence-corrected chi connectivity index (χ2v) is 10.00. The second-order valence-electron chi connectivity index (χ2n) is 10.00. The minimum Gasteiger partial charge on any atom is -0.381 e. The Morgan fingerprint density at radius 2 is 1.89 bits per heavy atom. The standard InChI is InChI=1S/C27H38N6O2/c1-28-22-12-14-32(17-24(22)29-2)20-8-11-23-25(15-20)33(16-19-5-4-13-30-26(19)31-23)27(34)18-6-9-21(35-3)10-7-18/h4-5,8,11,13,15,18,21-22,24,28-29H,6-7,9-10,12,14,16-17H2,1-3H3,(H,30,31)/t18-,21-,22-,24+/m0/s1. The third kappa shape index (κ3) is 4.87. The van der Waals surface area contributed by atoms with Gasteiger partial charge < -0.3 is 30.5 Å². The van der Waals surface area contributed by atoms with Crippen LogP contribution in [-0.2, 0) is 16.1 Å². The van der Waals surface area contributed by atoms with Crippen LogP contribution in [0.4, 0.5) is 22.9 Å². The summed E-state index contributed by atoms with van der Waals surface area (Å²) in [5.41, 5.74) is 4.06. The number of carbonyl (C=O) groups excluding carboxylic acids is 1. The molecule has 0 bridgehead atoms. The van der Waals surface area contributed by atoms with Crippen molar-refractivity contribution in [3.05, 3.63) is 42.1 Å². The summed E-state index contributed by atoms with van der Waals surface area (Å²) in [5.74, 6) is 1.06. The van der Waals surface area contributed by atoms with Gasteiger partial charge in [0.2, 0.25) is 5.91 Å². The normalized spacial score (nSPS) is 26.4. The van der Waals surface area contributed by atoms with Crippen LogP contribution in [0.2, 0.25) is 0 Å². The highest BCUT2D eigenvalue weighted by Gasteiger charge is 2.34. The number of likely N-dealkylation sites (N-methyl/N-ethyl adjacent to an activating group) is 2. The van der Waals surface area contributed by atoms with Crippen molar-refractivity contribution in [3.63, 3.8) is 0 Å². The first-order valence-electron chi connectivity index (χ1n) is 12.9. The first-order valence-corrected chi connectivity index (χ1v) is 12.9. The zero-order chi connectivity index (χ0) is 24.4. The van der Waals surface area contributed by atoms with Crippen molar-refractivity contribution in [2.45, 2.75) is 56.8 Å². The van der Waals surface area contributed by atoms with Crippen LogP contribution >= 0.6 is 0 Å². The Kier molecular flexibility index (Phi) is 7.22. The van der Waals surface area contributed by atoms with Crippen LogP contribution in [0.15, 0.2) is 36.5 Å². The van der Waals surface area contributed by atoms with E-state index in [2.05, 4.69) is 50.1 Å². The summed E-state index contributed by atoms with van der Waals surface area (Å²) in [6.45, 7) is 2.42. The molecule has 0 unspecified atom stereocenters. The number of ether oxygens (including phenoxy) is 1. The SMILES string of the molecule is CN[C@H]1CCN(c2ccc3c(c2)N(C(=O)[C@H]2CC[C@H](OC)CC2)Cc2cccnc2N3)C[C@H]1NC. The Balaban J connectivity index is 1.46. The second kappa shape index (κ2) is 10.5. The van der Waals surface area contributed by atoms with Crippen LogP contribution < -0.4 is 25.8 Å². The van der Waals surface area contributed by atoms with Gasteiger partial charge in [0.25, 0.3) is 0 Å². The molecule has 0 radical (unpaired) electrons. The van der Waals surface area contributed by atoms with E-state index in [9.17, 15) is 4.79 Å². The number of aromatic nitrogens is 1. The summed E-state index contributed by atoms with van der Waals surface area (Å²) in [4.78, 5) is 22.9. The van der Waals surface area contributed by atoms with Gasteiger partial charge in [-0.15, -0.1) is 0 Å². The molecule has 8 heteroatoms. The molecule has 188 valence electrons. The Bertz CT molecular complexity index is 1040. The maximum atomic E-state index is 13.9. The van der Waals surface area contributed by atoms with Crippen LogP contribution in [-0.4, -0.2) is 63.4 Å². The number of pyridine rings is 1. The minimum absolute atomic E-state index is 0.0242. The molecule has 1 aromatic carbocycles. The van der Waals surface area contributed by atoms with E-state index in [1.165, 1.54) is 0 Å². The van der Waals surface area contributed by atoms with Gasteiger partial charge in [0, 0.05) is 55.6 Å². The number of benzene rings is 1. The topological polar surface area (TPSA) is 81.8 Å². The van der Waals surface area contributed by atoms with Crippen LogP contribution in [0.5, 0.6) is 0 Å². The van der Waals surface area contributed by atoms with Crippen molar-refractivity contribution in [1.29, 1.82) is 0 Å². The minimum atomic E-state index is 0.0242. The molecule has 2 aliphatic heterocycles. The van der Waals surface area contributed by atoms with Crippen LogP contribution in [0.3, 0.4) is 0 Å². The Labute approximate surface area is 208 Å². The number of nitrogens with one attached hydrogen (secondary N) is 3. The molecule has 1 amide bonds. The van der Waals surface area contributed by atoms with Gasteiger partial charge in [-0.3, -0.25) is 4.79 Å². The third-order valence-corrected chi connectivity index (χ3v) is 8.09. The van der Waals surface area contributed by atoms with E-state index in [0.717, 1.165) is 73.6 Å². The highest BCUT2D eigenvalue weighted by atomic mass is 16.5. The lowest BCUT2D eigenvalue weighted by Crippen LogP contribution is -2.57. The Morgan fingerprint density at radius 1 is 1.09 bits per heavy atom. The van der Waals surface area contributed by atoms with Gasteiger partial charge in [0.1, 0.15) is 5.82 Å². The van der Waals surface area contributed by atoms with E-state index >= 15 is 0 Å². The summed E-state index contributed by atoms with van der Waals surface area (Å²) in [7, 11) is 5.84. The quantitative estimate of drug-likeness (QED) is 0.609. The number of hydrogen-bond donors (Lipinski definition) is 3. The zero-order valence-corrected chi connectivity index (χ0v) is 21.1. The monoisotopic (exact) mass is 478 g/mol. The average Bonchev–Trinajstić information content (AvgIpc) is 3.08. The first-order chi connectivity index (χ1) is 17.1. The van der Waals surface area contributed by atoms with Gasteiger partial charge in [-0.2, -0.15) is 0 Å². The molecule has 35 heavy (non-hydrogen) atoms. The molecule has 2 aromatic rings. The number of nitrogens with zero attached hydrogens (tertiary/aromatic N) is 3. The molecule has 3 aliphatic rings. The summed E-state index contributed by atoms with van der Waals surface area (Å²) in [5, 5.41) is 10.4. The van der Waals surface area contributed by atoms with E-state index in [-0.39, 0.29) is 17.9 Å².